The first-order valence-electron chi connectivity index (χ1n) is 8.56. The number of aromatic nitrogens is 3. The van der Waals surface area contributed by atoms with Crippen molar-refractivity contribution in [2.75, 3.05) is 20.2 Å². The third-order valence-electron chi connectivity index (χ3n) is 4.01. The Morgan fingerprint density at radius 2 is 2.00 bits per heavy atom. The number of rotatable bonds is 8. The van der Waals surface area contributed by atoms with E-state index in [0.29, 0.717) is 13.2 Å². The third-order valence-corrected chi connectivity index (χ3v) is 4.01. The lowest BCUT2D eigenvalue weighted by molar-refractivity contribution is 0.0771. The van der Waals surface area contributed by atoms with Crippen LogP contribution in [0.5, 0.6) is 0 Å². The minimum absolute atomic E-state index is 0.0308. The van der Waals surface area contributed by atoms with Crippen LogP contribution < -0.4 is 5.32 Å². The highest BCUT2D eigenvalue weighted by atomic mass is 16.5. The third kappa shape index (κ3) is 5.56. The molecule has 0 spiro atoms. The first-order chi connectivity index (χ1) is 12.0. The van der Waals surface area contributed by atoms with E-state index in [9.17, 15) is 4.79 Å². The molecule has 1 N–H and O–H groups in total. The number of carbonyl (C=O) groups excluding carboxylic acids is 1. The molecule has 0 aliphatic heterocycles. The lowest BCUT2D eigenvalue weighted by Crippen LogP contribution is -2.39. The maximum absolute atomic E-state index is 12.3. The predicted molar refractivity (Wildman–Crippen MR) is 96.6 cm³/mol. The summed E-state index contributed by atoms with van der Waals surface area (Å²) < 4.78 is 7.16. The lowest BCUT2D eigenvalue weighted by atomic mass is 10.1. The van der Waals surface area contributed by atoms with Gasteiger partial charge in [-0.05, 0) is 44.9 Å². The van der Waals surface area contributed by atoms with Gasteiger partial charge in [0.25, 0.3) is 0 Å². The number of hydrogen-bond donors (Lipinski definition) is 1. The van der Waals surface area contributed by atoms with Crippen molar-refractivity contribution in [3.63, 3.8) is 0 Å². The highest BCUT2D eigenvalue weighted by Gasteiger charge is 2.17. The molecule has 7 nitrogen and oxygen atoms in total. The van der Waals surface area contributed by atoms with Crippen LogP contribution in [0.3, 0.4) is 0 Å². The highest BCUT2D eigenvalue weighted by Crippen LogP contribution is 2.20. The van der Waals surface area contributed by atoms with Crippen LogP contribution in [0.1, 0.15) is 38.8 Å². The fourth-order valence-corrected chi connectivity index (χ4v) is 2.36. The second-order valence-corrected chi connectivity index (χ2v) is 6.22. The lowest BCUT2D eigenvalue weighted by Gasteiger charge is -2.25. The maximum Gasteiger partial charge on any atom is 0.317 e. The maximum atomic E-state index is 12.3. The van der Waals surface area contributed by atoms with Crippen molar-refractivity contribution in [3.05, 3.63) is 42.5 Å². The normalized spacial score (nSPS) is 12.2. The van der Waals surface area contributed by atoms with Gasteiger partial charge in [-0.15, -0.1) is 0 Å². The molecule has 0 fully saturated rings. The summed E-state index contributed by atoms with van der Waals surface area (Å²) in [7, 11) is 1.80. The van der Waals surface area contributed by atoms with Gasteiger partial charge in [-0.1, -0.05) is 12.1 Å². The van der Waals surface area contributed by atoms with Crippen molar-refractivity contribution >= 4 is 6.03 Å². The Morgan fingerprint density at radius 1 is 1.28 bits per heavy atom. The van der Waals surface area contributed by atoms with E-state index >= 15 is 0 Å². The quantitative estimate of drug-likeness (QED) is 0.747. The van der Waals surface area contributed by atoms with Crippen LogP contribution in [0.2, 0.25) is 0 Å². The van der Waals surface area contributed by atoms with Gasteiger partial charge in [-0.3, -0.25) is 0 Å². The standard InChI is InChI=1S/C18H27N5O2/c1-14(2)25-11-5-10-20-18(24)22(4)15(3)16-6-8-17(9-7-16)23-13-19-12-21-23/h6-9,12-15H,5,10-11H2,1-4H3,(H,20,24)/t15-/m0/s1. The Morgan fingerprint density at radius 3 is 2.60 bits per heavy atom. The largest absolute Gasteiger partial charge is 0.379 e. The smallest absolute Gasteiger partial charge is 0.317 e. The molecule has 0 unspecified atom stereocenters. The number of hydrogen-bond acceptors (Lipinski definition) is 4. The number of ether oxygens (including phenoxy) is 1. The zero-order valence-corrected chi connectivity index (χ0v) is 15.3. The van der Waals surface area contributed by atoms with Crippen molar-refractivity contribution in [2.24, 2.45) is 0 Å². The van der Waals surface area contributed by atoms with E-state index in [4.69, 9.17) is 4.74 Å². The summed E-state index contributed by atoms with van der Waals surface area (Å²) in [6, 6.07) is 7.82. The molecule has 25 heavy (non-hydrogen) atoms. The van der Waals surface area contributed by atoms with Crippen LogP contribution in [0.25, 0.3) is 5.69 Å². The Hall–Kier alpha value is -2.41. The van der Waals surface area contributed by atoms with Crippen molar-refractivity contribution in [2.45, 2.75) is 39.3 Å². The van der Waals surface area contributed by atoms with Gasteiger partial charge in [-0.2, -0.15) is 5.10 Å². The fraction of sp³-hybridized carbons (Fsp3) is 0.500. The number of nitrogens with zero attached hydrogens (tertiary/aromatic N) is 4. The van der Waals surface area contributed by atoms with Crippen LogP contribution >= 0.6 is 0 Å². The molecule has 0 radical (unpaired) electrons. The minimum Gasteiger partial charge on any atom is -0.379 e. The van der Waals surface area contributed by atoms with Crippen molar-refractivity contribution in [3.8, 4) is 5.69 Å². The molecule has 2 aromatic rings. The molecule has 2 rings (SSSR count). The number of benzene rings is 1. The Labute approximate surface area is 149 Å². The van der Waals surface area contributed by atoms with E-state index in [0.717, 1.165) is 17.7 Å². The molecule has 1 heterocycles. The van der Waals surface area contributed by atoms with Crippen molar-refractivity contribution < 1.29 is 9.53 Å². The molecule has 0 saturated carbocycles. The number of amides is 2. The van der Waals surface area contributed by atoms with Gasteiger partial charge in [0, 0.05) is 20.2 Å². The molecular weight excluding hydrogens is 318 g/mol. The molecule has 136 valence electrons. The zero-order valence-electron chi connectivity index (χ0n) is 15.3. The SMILES string of the molecule is CC(C)OCCCNC(=O)N(C)[C@@H](C)c1ccc(-n2cncn2)cc1. The van der Waals surface area contributed by atoms with Crippen molar-refractivity contribution in [1.29, 1.82) is 0 Å². The number of nitrogens with one attached hydrogen (secondary N) is 1. The molecule has 7 heteroatoms. The highest BCUT2D eigenvalue weighted by molar-refractivity contribution is 5.74. The van der Waals surface area contributed by atoms with E-state index < -0.39 is 0 Å². The summed E-state index contributed by atoms with van der Waals surface area (Å²) in [6.45, 7) is 7.27. The summed E-state index contributed by atoms with van der Waals surface area (Å²) in [5.41, 5.74) is 2.00. The Bertz CT molecular complexity index is 640. The molecule has 0 saturated heterocycles. The van der Waals surface area contributed by atoms with Crippen LogP contribution in [0, 0.1) is 0 Å². The van der Waals surface area contributed by atoms with Gasteiger partial charge in [0.05, 0.1) is 17.8 Å². The minimum atomic E-state index is -0.0857. The number of carbonyl (C=O) groups is 1. The summed E-state index contributed by atoms with van der Waals surface area (Å²) in [5, 5.41) is 7.03. The van der Waals surface area contributed by atoms with Crippen LogP contribution in [0.4, 0.5) is 4.79 Å². The first kappa shape index (κ1) is 18.9. The molecule has 0 bridgehead atoms. The van der Waals surface area contributed by atoms with Gasteiger partial charge in [0.1, 0.15) is 12.7 Å². The van der Waals surface area contributed by atoms with Crippen molar-refractivity contribution in [1.82, 2.24) is 25.0 Å². The summed E-state index contributed by atoms with van der Waals surface area (Å²) >= 11 is 0. The molecule has 0 aliphatic carbocycles. The number of urea groups is 1. The molecular formula is C18H27N5O2. The Balaban J connectivity index is 1.84. The van der Waals surface area contributed by atoms with Gasteiger partial charge in [0.2, 0.25) is 0 Å². The average Bonchev–Trinajstić information content (AvgIpc) is 3.14. The topological polar surface area (TPSA) is 72.3 Å². The fourth-order valence-electron chi connectivity index (χ4n) is 2.36. The molecule has 1 aromatic heterocycles. The molecule has 0 aliphatic rings. The van der Waals surface area contributed by atoms with Crippen LogP contribution in [-0.2, 0) is 4.74 Å². The molecule has 1 aromatic carbocycles. The van der Waals surface area contributed by atoms with Gasteiger partial charge in [0.15, 0.2) is 0 Å². The van der Waals surface area contributed by atoms with E-state index in [1.54, 1.807) is 23.0 Å². The first-order valence-corrected chi connectivity index (χ1v) is 8.56. The van der Waals surface area contributed by atoms with E-state index in [1.807, 2.05) is 45.0 Å². The summed E-state index contributed by atoms with van der Waals surface area (Å²) in [5.74, 6) is 0. The van der Waals surface area contributed by atoms with Gasteiger partial charge < -0.3 is 15.0 Å². The Kier molecular flexibility index (Phi) is 6.94. The summed E-state index contributed by atoms with van der Waals surface area (Å²) in [4.78, 5) is 17.9. The monoisotopic (exact) mass is 345 g/mol. The van der Waals surface area contributed by atoms with Gasteiger partial charge >= 0.3 is 6.03 Å². The second kappa shape index (κ2) is 9.17. The van der Waals surface area contributed by atoms with E-state index in [1.165, 1.54) is 6.33 Å². The van der Waals surface area contributed by atoms with Crippen LogP contribution in [0.15, 0.2) is 36.9 Å². The van der Waals surface area contributed by atoms with Crippen LogP contribution in [-0.4, -0.2) is 52.0 Å². The average molecular weight is 345 g/mol. The zero-order chi connectivity index (χ0) is 18.2. The summed E-state index contributed by atoms with van der Waals surface area (Å²) in [6.07, 6.45) is 4.18. The molecule has 2 amide bonds. The van der Waals surface area contributed by atoms with E-state index in [-0.39, 0.29) is 18.2 Å². The molecule has 1 atom stereocenters. The second-order valence-electron chi connectivity index (χ2n) is 6.22. The predicted octanol–water partition coefficient (Wildman–Crippen LogP) is 2.78. The van der Waals surface area contributed by atoms with E-state index in [2.05, 4.69) is 15.4 Å². The van der Waals surface area contributed by atoms with Gasteiger partial charge in [-0.25, -0.2) is 14.5 Å².